The quantitative estimate of drug-likeness (QED) is 0.563. The highest BCUT2D eigenvalue weighted by Gasteiger charge is 2.17. The van der Waals surface area contributed by atoms with Gasteiger partial charge in [-0.3, -0.25) is 0 Å². The van der Waals surface area contributed by atoms with Crippen molar-refractivity contribution in [2.24, 2.45) is 11.7 Å². The minimum Gasteiger partial charge on any atom is -0.392 e. The average Bonchev–Trinajstić information content (AvgIpc) is 2.11. The average molecular weight is 253 g/mol. The van der Waals surface area contributed by atoms with Crippen LogP contribution in [0.4, 0.5) is 0 Å². The lowest BCUT2D eigenvalue weighted by Crippen LogP contribution is -2.48. The molecular weight excluding hydrogens is 234 g/mol. The lowest BCUT2D eigenvalue weighted by atomic mass is 10.2. The van der Waals surface area contributed by atoms with Gasteiger partial charge in [0.05, 0.1) is 11.0 Å². The normalized spacial score (nSPS) is 14.1. The van der Waals surface area contributed by atoms with Gasteiger partial charge in [0.25, 0.3) is 10.2 Å². The molecule has 4 N–H and O–H groups in total. The molecule has 1 atom stereocenters. The van der Waals surface area contributed by atoms with Crippen LogP contribution in [0.15, 0.2) is 0 Å². The van der Waals surface area contributed by atoms with E-state index in [0.29, 0.717) is 13.0 Å². The van der Waals surface area contributed by atoms with E-state index < -0.39 is 16.3 Å². The van der Waals surface area contributed by atoms with E-state index in [2.05, 4.69) is 9.44 Å². The molecule has 0 saturated carbocycles. The fourth-order valence-corrected chi connectivity index (χ4v) is 2.45. The van der Waals surface area contributed by atoms with Crippen LogP contribution >= 0.6 is 12.2 Å². The van der Waals surface area contributed by atoms with Crippen LogP contribution in [0.5, 0.6) is 0 Å². The summed E-state index contributed by atoms with van der Waals surface area (Å²) >= 11 is 4.74. The van der Waals surface area contributed by atoms with Crippen molar-refractivity contribution in [3.05, 3.63) is 0 Å². The third kappa shape index (κ3) is 6.77. The van der Waals surface area contributed by atoms with Gasteiger partial charge in [-0.2, -0.15) is 13.1 Å². The van der Waals surface area contributed by atoms with Crippen LogP contribution in [0.25, 0.3) is 0 Å². The van der Waals surface area contributed by atoms with Gasteiger partial charge in [0.1, 0.15) is 0 Å². The number of nitrogens with two attached hydrogens (primary N) is 1. The number of hydrogen-bond donors (Lipinski definition) is 3. The van der Waals surface area contributed by atoms with Gasteiger partial charge >= 0.3 is 0 Å². The van der Waals surface area contributed by atoms with E-state index in [1.54, 1.807) is 0 Å². The maximum absolute atomic E-state index is 11.5. The molecular formula is C8H19N3O2S2. The minimum atomic E-state index is -3.50. The van der Waals surface area contributed by atoms with Crippen LogP contribution in [0.2, 0.25) is 0 Å². The van der Waals surface area contributed by atoms with E-state index in [4.69, 9.17) is 18.0 Å². The summed E-state index contributed by atoms with van der Waals surface area (Å²) in [5, 5.41) is 0. The molecule has 1 unspecified atom stereocenters. The summed E-state index contributed by atoms with van der Waals surface area (Å²) in [6.07, 6.45) is 0.540. The van der Waals surface area contributed by atoms with Crippen LogP contribution in [-0.2, 0) is 10.2 Å². The Kier molecular flexibility index (Phi) is 6.26. The third-order valence-corrected chi connectivity index (χ3v) is 3.16. The Balaban J connectivity index is 4.30. The van der Waals surface area contributed by atoms with Gasteiger partial charge in [-0.15, -0.1) is 0 Å². The minimum absolute atomic E-state index is 0.160. The maximum Gasteiger partial charge on any atom is 0.277 e. The van der Waals surface area contributed by atoms with Crippen LogP contribution < -0.4 is 15.2 Å². The molecule has 0 radical (unpaired) electrons. The second-order valence-electron chi connectivity index (χ2n) is 3.73. The molecule has 0 aliphatic carbocycles. The molecule has 90 valence electrons. The number of hydrogen-bond acceptors (Lipinski definition) is 3. The Morgan fingerprint density at radius 3 is 2.33 bits per heavy atom. The van der Waals surface area contributed by atoms with Crippen molar-refractivity contribution < 1.29 is 8.42 Å². The van der Waals surface area contributed by atoms with Gasteiger partial charge in [0.15, 0.2) is 0 Å². The predicted octanol–water partition coefficient (Wildman–Crippen LogP) is 0.131. The van der Waals surface area contributed by atoms with Crippen molar-refractivity contribution in [3.8, 4) is 0 Å². The molecule has 15 heavy (non-hydrogen) atoms. The van der Waals surface area contributed by atoms with Crippen molar-refractivity contribution >= 4 is 27.4 Å². The first kappa shape index (κ1) is 14.8. The van der Waals surface area contributed by atoms with Gasteiger partial charge in [0, 0.05) is 6.54 Å². The highest BCUT2D eigenvalue weighted by molar-refractivity contribution is 7.87. The van der Waals surface area contributed by atoms with Crippen molar-refractivity contribution in [2.75, 3.05) is 6.54 Å². The third-order valence-electron chi connectivity index (χ3n) is 1.73. The fraction of sp³-hybridized carbons (Fsp3) is 0.875. The standard InChI is InChI=1S/C8H19N3O2S2/c1-4-7(8(9)14)11-15(12,13)10-5-6(2)3/h6-7,10-11H,4-5H2,1-3H3,(H2,9,14). The SMILES string of the molecule is CCC(NS(=O)(=O)NCC(C)C)C(N)=S. The summed E-state index contributed by atoms with van der Waals surface area (Å²) in [5.74, 6) is 0.256. The number of thiocarbonyl (C=S) groups is 1. The van der Waals surface area contributed by atoms with Crippen molar-refractivity contribution in [1.29, 1.82) is 0 Å². The van der Waals surface area contributed by atoms with E-state index in [-0.39, 0.29) is 10.9 Å². The highest BCUT2D eigenvalue weighted by atomic mass is 32.2. The summed E-state index contributed by atoms with van der Waals surface area (Å²) in [5.41, 5.74) is 5.39. The van der Waals surface area contributed by atoms with E-state index in [1.807, 2.05) is 20.8 Å². The summed E-state index contributed by atoms with van der Waals surface area (Å²) in [7, 11) is -3.50. The zero-order valence-corrected chi connectivity index (χ0v) is 10.9. The van der Waals surface area contributed by atoms with Gasteiger partial charge < -0.3 is 5.73 Å². The first-order valence-corrected chi connectivity index (χ1v) is 6.74. The first-order valence-electron chi connectivity index (χ1n) is 4.84. The Bertz CT molecular complexity index is 301. The molecule has 5 nitrogen and oxygen atoms in total. The maximum atomic E-state index is 11.5. The molecule has 0 aromatic rings. The Morgan fingerprint density at radius 1 is 1.47 bits per heavy atom. The summed E-state index contributed by atoms with van der Waals surface area (Å²) in [6.45, 7) is 6.05. The molecule has 0 aliphatic heterocycles. The van der Waals surface area contributed by atoms with Crippen LogP contribution in [0.1, 0.15) is 27.2 Å². The van der Waals surface area contributed by atoms with Crippen molar-refractivity contribution in [2.45, 2.75) is 33.2 Å². The Morgan fingerprint density at radius 2 is 2.00 bits per heavy atom. The lowest BCUT2D eigenvalue weighted by molar-refractivity contribution is 0.540. The van der Waals surface area contributed by atoms with Gasteiger partial charge in [-0.1, -0.05) is 33.0 Å². The van der Waals surface area contributed by atoms with Crippen molar-refractivity contribution in [1.82, 2.24) is 9.44 Å². The van der Waals surface area contributed by atoms with Gasteiger partial charge in [-0.25, -0.2) is 4.72 Å². The summed E-state index contributed by atoms with van der Waals surface area (Å²) < 4.78 is 27.8. The zero-order valence-electron chi connectivity index (χ0n) is 9.28. The molecule has 0 rings (SSSR count). The van der Waals surface area contributed by atoms with E-state index in [9.17, 15) is 8.42 Å². The Labute approximate surface area is 97.0 Å². The van der Waals surface area contributed by atoms with Crippen LogP contribution in [0, 0.1) is 5.92 Å². The summed E-state index contributed by atoms with van der Waals surface area (Å²) in [6, 6.07) is -0.482. The molecule has 0 spiro atoms. The molecule has 7 heteroatoms. The molecule has 0 bridgehead atoms. The monoisotopic (exact) mass is 253 g/mol. The zero-order chi connectivity index (χ0) is 12.1. The van der Waals surface area contributed by atoms with Crippen molar-refractivity contribution in [3.63, 3.8) is 0 Å². The van der Waals surface area contributed by atoms with Crippen LogP contribution in [-0.4, -0.2) is 26.0 Å². The number of rotatable bonds is 7. The molecule has 0 aromatic carbocycles. The Hall–Kier alpha value is -0.240. The lowest BCUT2D eigenvalue weighted by Gasteiger charge is -2.16. The second-order valence-corrected chi connectivity index (χ2v) is 5.73. The molecule has 0 amide bonds. The van der Waals surface area contributed by atoms with Gasteiger partial charge in [-0.05, 0) is 12.3 Å². The second kappa shape index (κ2) is 6.37. The largest absolute Gasteiger partial charge is 0.392 e. The molecule has 0 aliphatic rings. The predicted molar refractivity (Wildman–Crippen MR) is 65.8 cm³/mol. The highest BCUT2D eigenvalue weighted by Crippen LogP contribution is 1.95. The number of nitrogens with one attached hydrogen (secondary N) is 2. The van der Waals surface area contributed by atoms with Gasteiger partial charge in [0.2, 0.25) is 0 Å². The first-order chi connectivity index (χ1) is 6.78. The molecule has 0 fully saturated rings. The molecule has 0 heterocycles. The van der Waals surface area contributed by atoms with Crippen LogP contribution in [0.3, 0.4) is 0 Å². The topological polar surface area (TPSA) is 84.2 Å². The van der Waals surface area contributed by atoms with E-state index in [1.165, 1.54) is 0 Å². The smallest absolute Gasteiger partial charge is 0.277 e. The summed E-state index contributed by atoms with van der Waals surface area (Å²) in [4.78, 5) is 0.160. The molecule has 0 aromatic heterocycles. The van der Waals surface area contributed by atoms with E-state index >= 15 is 0 Å². The fourth-order valence-electron chi connectivity index (χ4n) is 0.848. The van der Waals surface area contributed by atoms with E-state index in [0.717, 1.165) is 0 Å². The molecule has 0 saturated heterocycles.